The molecule has 0 atom stereocenters. The smallest absolute Gasteiger partial charge is 0.284 e. The first kappa shape index (κ1) is 16.4. The number of thiophene rings is 1. The summed E-state index contributed by atoms with van der Waals surface area (Å²) in [6.07, 6.45) is 0. The summed E-state index contributed by atoms with van der Waals surface area (Å²) in [5.41, 5.74) is 2.96. The van der Waals surface area contributed by atoms with Gasteiger partial charge in [0.25, 0.3) is 15.9 Å². The molecular formula is C16H14N2O4S2. The third-order valence-corrected chi connectivity index (χ3v) is 5.94. The van der Waals surface area contributed by atoms with Gasteiger partial charge in [-0.2, -0.15) is 0 Å². The van der Waals surface area contributed by atoms with E-state index in [1.807, 2.05) is 6.92 Å². The minimum Gasteiger partial charge on any atom is -0.288 e. The molecule has 0 aliphatic heterocycles. The Kier molecular flexibility index (Phi) is 4.27. The van der Waals surface area contributed by atoms with Crippen molar-refractivity contribution in [3.05, 3.63) is 59.0 Å². The van der Waals surface area contributed by atoms with Crippen molar-refractivity contribution in [1.29, 1.82) is 0 Å². The molecule has 0 radical (unpaired) electrons. The van der Waals surface area contributed by atoms with E-state index in [-0.39, 0.29) is 4.90 Å². The lowest BCUT2D eigenvalue weighted by atomic mass is 10.2. The van der Waals surface area contributed by atoms with Crippen molar-refractivity contribution in [2.45, 2.75) is 11.8 Å². The fraction of sp³-hybridized carbons (Fsp3) is 0.0625. The first-order chi connectivity index (χ1) is 11.4. The number of benzene rings is 2. The number of hydroxylamine groups is 1. The van der Waals surface area contributed by atoms with Gasteiger partial charge in [-0.15, -0.1) is 11.3 Å². The van der Waals surface area contributed by atoms with E-state index in [1.54, 1.807) is 54.0 Å². The Balaban J connectivity index is 1.92. The molecule has 0 aliphatic carbocycles. The standard InChI is InChI=1S/C16H14N2O4S2/c1-10-2-5-13(6-3-10)24(21,22)18-12-4-7-14-11(8-12)9-15(23-14)16(19)17-20/h2-9,18,20H,1H3,(H,17,19). The highest BCUT2D eigenvalue weighted by atomic mass is 32.2. The summed E-state index contributed by atoms with van der Waals surface area (Å²) in [6, 6.07) is 13.1. The molecule has 0 spiro atoms. The number of carbonyl (C=O) groups excluding carboxylic acids is 1. The zero-order chi connectivity index (χ0) is 17.3. The second-order valence-corrected chi connectivity index (χ2v) is 7.99. The van der Waals surface area contributed by atoms with E-state index in [0.29, 0.717) is 16.0 Å². The van der Waals surface area contributed by atoms with Gasteiger partial charge in [0.05, 0.1) is 9.77 Å². The van der Waals surface area contributed by atoms with Gasteiger partial charge in [-0.1, -0.05) is 17.7 Å². The molecule has 0 aliphatic rings. The number of carbonyl (C=O) groups is 1. The molecule has 0 fully saturated rings. The van der Waals surface area contributed by atoms with Crippen molar-refractivity contribution in [3.63, 3.8) is 0 Å². The van der Waals surface area contributed by atoms with Crippen molar-refractivity contribution >= 4 is 43.0 Å². The van der Waals surface area contributed by atoms with Gasteiger partial charge in [-0.25, -0.2) is 13.9 Å². The SMILES string of the molecule is Cc1ccc(S(=O)(=O)Nc2ccc3sc(C(=O)NO)cc3c2)cc1. The summed E-state index contributed by atoms with van der Waals surface area (Å²) >= 11 is 1.21. The van der Waals surface area contributed by atoms with E-state index < -0.39 is 15.9 Å². The highest BCUT2D eigenvalue weighted by Crippen LogP contribution is 2.29. The number of aryl methyl sites for hydroxylation is 1. The third kappa shape index (κ3) is 3.25. The Bertz CT molecular complexity index is 1010. The molecule has 24 heavy (non-hydrogen) atoms. The lowest BCUT2D eigenvalue weighted by molar-refractivity contribution is 0.0711. The van der Waals surface area contributed by atoms with Crippen LogP contribution in [-0.2, 0) is 10.0 Å². The molecule has 1 heterocycles. The Morgan fingerprint density at radius 2 is 1.79 bits per heavy atom. The topological polar surface area (TPSA) is 95.5 Å². The Labute approximate surface area is 142 Å². The number of rotatable bonds is 4. The number of anilines is 1. The highest BCUT2D eigenvalue weighted by molar-refractivity contribution is 7.92. The number of amides is 1. The van der Waals surface area contributed by atoms with Gasteiger partial charge in [0.1, 0.15) is 0 Å². The molecule has 3 rings (SSSR count). The van der Waals surface area contributed by atoms with Crippen molar-refractivity contribution in [2.24, 2.45) is 0 Å². The largest absolute Gasteiger partial charge is 0.288 e. The van der Waals surface area contributed by atoms with Gasteiger partial charge in [-0.3, -0.25) is 14.7 Å². The quantitative estimate of drug-likeness (QED) is 0.491. The van der Waals surface area contributed by atoms with Crippen LogP contribution in [0.3, 0.4) is 0 Å². The first-order valence-electron chi connectivity index (χ1n) is 6.96. The number of hydrogen-bond donors (Lipinski definition) is 3. The monoisotopic (exact) mass is 362 g/mol. The summed E-state index contributed by atoms with van der Waals surface area (Å²) < 4.78 is 28.1. The fourth-order valence-corrected chi connectivity index (χ4v) is 4.19. The second-order valence-electron chi connectivity index (χ2n) is 5.22. The summed E-state index contributed by atoms with van der Waals surface area (Å²) in [4.78, 5) is 12.0. The van der Waals surface area contributed by atoms with E-state index in [9.17, 15) is 13.2 Å². The van der Waals surface area contributed by atoms with Gasteiger partial charge >= 0.3 is 0 Å². The molecule has 3 N–H and O–H groups in total. The van der Waals surface area contributed by atoms with Crippen molar-refractivity contribution in [1.82, 2.24) is 5.48 Å². The normalized spacial score (nSPS) is 11.4. The Morgan fingerprint density at radius 3 is 2.46 bits per heavy atom. The second kappa shape index (κ2) is 6.23. The molecule has 124 valence electrons. The first-order valence-corrected chi connectivity index (χ1v) is 9.26. The van der Waals surface area contributed by atoms with Crippen LogP contribution >= 0.6 is 11.3 Å². The predicted molar refractivity (Wildman–Crippen MR) is 93.1 cm³/mol. The molecular weight excluding hydrogens is 348 g/mol. The average molecular weight is 362 g/mol. The summed E-state index contributed by atoms with van der Waals surface area (Å²) in [5.74, 6) is -0.599. The Morgan fingerprint density at radius 1 is 1.08 bits per heavy atom. The minimum absolute atomic E-state index is 0.180. The number of hydrogen-bond acceptors (Lipinski definition) is 5. The number of fused-ring (bicyclic) bond motifs is 1. The molecule has 6 nitrogen and oxygen atoms in total. The zero-order valence-corrected chi connectivity index (χ0v) is 14.2. The van der Waals surface area contributed by atoms with Crippen LogP contribution in [0.5, 0.6) is 0 Å². The van der Waals surface area contributed by atoms with Gasteiger partial charge in [-0.05, 0) is 48.7 Å². The maximum Gasteiger partial charge on any atom is 0.284 e. The van der Waals surface area contributed by atoms with Crippen LogP contribution in [0.1, 0.15) is 15.2 Å². The van der Waals surface area contributed by atoms with E-state index in [1.165, 1.54) is 11.3 Å². The van der Waals surface area contributed by atoms with Crippen LogP contribution in [-0.4, -0.2) is 19.5 Å². The fourth-order valence-electron chi connectivity index (χ4n) is 2.21. The third-order valence-electron chi connectivity index (χ3n) is 3.43. The van der Waals surface area contributed by atoms with Crippen molar-refractivity contribution in [2.75, 3.05) is 4.72 Å². The molecule has 0 saturated carbocycles. The average Bonchev–Trinajstić information content (AvgIpc) is 2.97. The molecule has 1 aromatic heterocycles. The van der Waals surface area contributed by atoms with Crippen LogP contribution in [0.2, 0.25) is 0 Å². The molecule has 0 unspecified atom stereocenters. The van der Waals surface area contributed by atoms with Crippen molar-refractivity contribution in [3.8, 4) is 0 Å². The lowest BCUT2D eigenvalue weighted by Gasteiger charge is -2.08. The Hall–Kier alpha value is -2.42. The summed E-state index contributed by atoms with van der Waals surface area (Å²) in [6.45, 7) is 1.88. The highest BCUT2D eigenvalue weighted by Gasteiger charge is 2.15. The molecule has 3 aromatic rings. The zero-order valence-electron chi connectivity index (χ0n) is 12.6. The van der Waals surface area contributed by atoms with Gasteiger partial charge in [0, 0.05) is 10.4 Å². The van der Waals surface area contributed by atoms with Crippen LogP contribution in [0.4, 0.5) is 5.69 Å². The van der Waals surface area contributed by atoms with Gasteiger partial charge in [0.15, 0.2) is 0 Å². The van der Waals surface area contributed by atoms with Gasteiger partial charge in [0.2, 0.25) is 0 Å². The van der Waals surface area contributed by atoms with Crippen molar-refractivity contribution < 1.29 is 18.4 Å². The molecule has 8 heteroatoms. The minimum atomic E-state index is -3.68. The maximum atomic E-state index is 12.4. The molecule has 1 amide bonds. The van der Waals surface area contributed by atoms with Crippen LogP contribution in [0.15, 0.2) is 53.4 Å². The molecule has 2 aromatic carbocycles. The summed E-state index contributed by atoms with van der Waals surface area (Å²) in [7, 11) is -3.68. The van der Waals surface area contributed by atoms with Gasteiger partial charge < -0.3 is 0 Å². The summed E-state index contributed by atoms with van der Waals surface area (Å²) in [5, 5.41) is 9.39. The van der Waals surface area contributed by atoms with Crippen LogP contribution < -0.4 is 10.2 Å². The van der Waals surface area contributed by atoms with E-state index in [2.05, 4.69) is 4.72 Å². The van der Waals surface area contributed by atoms with E-state index in [4.69, 9.17) is 5.21 Å². The molecule has 0 saturated heterocycles. The van der Waals surface area contributed by atoms with Crippen LogP contribution in [0, 0.1) is 6.92 Å². The predicted octanol–water partition coefficient (Wildman–Crippen LogP) is 3.13. The van der Waals surface area contributed by atoms with E-state index >= 15 is 0 Å². The number of sulfonamides is 1. The maximum absolute atomic E-state index is 12.4. The lowest BCUT2D eigenvalue weighted by Crippen LogP contribution is -2.16. The number of nitrogens with one attached hydrogen (secondary N) is 2. The molecule has 0 bridgehead atoms. The van der Waals surface area contributed by atoms with Crippen LogP contribution in [0.25, 0.3) is 10.1 Å². The van der Waals surface area contributed by atoms with E-state index in [0.717, 1.165) is 10.3 Å².